The van der Waals surface area contributed by atoms with E-state index < -0.39 is 28.2 Å². The molecule has 1 amide bonds. The largest absolute Gasteiger partial charge is 0.494 e. The fourth-order valence-corrected chi connectivity index (χ4v) is 6.02. The third kappa shape index (κ3) is 5.89. The molecule has 0 saturated heterocycles. The van der Waals surface area contributed by atoms with Crippen molar-refractivity contribution in [3.05, 3.63) is 40.6 Å². The molecular formula is C25H31F3N4O4S. The van der Waals surface area contributed by atoms with E-state index in [1.54, 1.807) is 10.7 Å². The van der Waals surface area contributed by atoms with Crippen molar-refractivity contribution in [3.63, 3.8) is 0 Å². The number of aryl methyl sites for hydroxylation is 2. The van der Waals surface area contributed by atoms with Crippen LogP contribution in [0, 0.1) is 5.92 Å². The number of fused-ring (bicyclic) bond motifs is 3. The van der Waals surface area contributed by atoms with Crippen molar-refractivity contribution in [1.29, 1.82) is 0 Å². The van der Waals surface area contributed by atoms with Crippen LogP contribution >= 0.6 is 0 Å². The van der Waals surface area contributed by atoms with E-state index >= 15 is 0 Å². The van der Waals surface area contributed by atoms with Gasteiger partial charge in [0.2, 0.25) is 10.0 Å². The smallest absolute Gasteiger partial charge is 0.389 e. The molecule has 5 rings (SSSR count). The lowest BCUT2D eigenvalue weighted by Crippen LogP contribution is -2.52. The minimum absolute atomic E-state index is 0.0298. The first-order valence-corrected chi connectivity index (χ1v) is 14.5. The second-order valence-corrected chi connectivity index (χ2v) is 12.2. The number of rotatable bonds is 9. The van der Waals surface area contributed by atoms with Crippen molar-refractivity contribution in [2.75, 3.05) is 17.6 Å². The van der Waals surface area contributed by atoms with E-state index in [1.807, 2.05) is 12.1 Å². The Kier molecular flexibility index (Phi) is 6.66. The number of anilines is 1. The summed E-state index contributed by atoms with van der Waals surface area (Å²) in [5.74, 6) is 0.960. The van der Waals surface area contributed by atoms with Crippen LogP contribution in [-0.2, 0) is 34.9 Å². The van der Waals surface area contributed by atoms with Gasteiger partial charge >= 0.3 is 6.18 Å². The Hall–Kier alpha value is -2.76. The maximum atomic E-state index is 13.4. The number of nitrogens with one attached hydrogen (secondary N) is 2. The SMILES string of the molecule is CS(=O)(=O)Nc1c2c(nn1CCC1CC1)C[C@]1(CCCc3cc(OCCCC(F)(F)F)ccc31)NC2=O. The molecule has 1 spiro atoms. The molecule has 2 aliphatic carbocycles. The van der Waals surface area contributed by atoms with Gasteiger partial charge in [0.05, 0.1) is 24.1 Å². The van der Waals surface area contributed by atoms with Gasteiger partial charge in [0, 0.05) is 19.4 Å². The van der Waals surface area contributed by atoms with E-state index in [4.69, 9.17) is 9.84 Å². The zero-order valence-corrected chi connectivity index (χ0v) is 21.5. The first kappa shape index (κ1) is 25.9. The van der Waals surface area contributed by atoms with Gasteiger partial charge in [-0.25, -0.2) is 13.1 Å². The van der Waals surface area contributed by atoms with Gasteiger partial charge in [-0.15, -0.1) is 0 Å². The Morgan fingerprint density at radius 3 is 2.78 bits per heavy atom. The number of hydrogen-bond donors (Lipinski definition) is 2. The minimum atomic E-state index is -4.20. The number of ether oxygens (including phenoxy) is 1. The summed E-state index contributed by atoms with van der Waals surface area (Å²) < 4.78 is 71.1. The molecular weight excluding hydrogens is 509 g/mol. The molecule has 1 atom stereocenters. The third-order valence-electron chi connectivity index (χ3n) is 7.32. The first-order valence-electron chi connectivity index (χ1n) is 12.7. The van der Waals surface area contributed by atoms with E-state index in [1.165, 1.54) is 0 Å². The summed E-state index contributed by atoms with van der Waals surface area (Å²) >= 11 is 0. The molecule has 12 heteroatoms. The number of halogens is 3. The molecule has 0 bridgehead atoms. The topological polar surface area (TPSA) is 102 Å². The molecule has 3 aliphatic rings. The van der Waals surface area contributed by atoms with Crippen LogP contribution in [0.15, 0.2) is 18.2 Å². The maximum absolute atomic E-state index is 13.4. The van der Waals surface area contributed by atoms with Crippen LogP contribution in [0.2, 0.25) is 0 Å². The predicted octanol–water partition coefficient (Wildman–Crippen LogP) is 4.29. The summed E-state index contributed by atoms with van der Waals surface area (Å²) in [4.78, 5) is 13.4. The lowest BCUT2D eigenvalue weighted by Gasteiger charge is -2.42. The third-order valence-corrected chi connectivity index (χ3v) is 7.88. The van der Waals surface area contributed by atoms with E-state index in [9.17, 15) is 26.4 Å². The van der Waals surface area contributed by atoms with Crippen molar-refractivity contribution < 1.29 is 31.1 Å². The summed E-state index contributed by atoms with van der Waals surface area (Å²) in [6.45, 7) is 0.499. The van der Waals surface area contributed by atoms with Crippen LogP contribution in [0.25, 0.3) is 0 Å². The van der Waals surface area contributed by atoms with E-state index in [0.717, 1.165) is 49.5 Å². The summed E-state index contributed by atoms with van der Waals surface area (Å²) in [6, 6.07) is 5.45. The van der Waals surface area contributed by atoms with Gasteiger partial charge in [0.25, 0.3) is 5.91 Å². The van der Waals surface area contributed by atoms with Gasteiger partial charge in [0.15, 0.2) is 5.82 Å². The van der Waals surface area contributed by atoms with E-state index in [0.29, 0.717) is 36.7 Å². The molecule has 1 saturated carbocycles. The van der Waals surface area contributed by atoms with Crippen molar-refractivity contribution in [1.82, 2.24) is 15.1 Å². The van der Waals surface area contributed by atoms with Gasteiger partial charge < -0.3 is 10.1 Å². The van der Waals surface area contributed by atoms with Gasteiger partial charge in [-0.05, 0) is 61.3 Å². The van der Waals surface area contributed by atoms with E-state index in [2.05, 4.69) is 10.0 Å². The monoisotopic (exact) mass is 540 g/mol. The maximum Gasteiger partial charge on any atom is 0.389 e. The number of carbonyl (C=O) groups is 1. The van der Waals surface area contributed by atoms with Crippen LogP contribution in [0.4, 0.5) is 19.0 Å². The number of amides is 1. The van der Waals surface area contributed by atoms with Crippen molar-refractivity contribution in [2.45, 2.75) is 76.0 Å². The number of nitrogens with zero attached hydrogens (tertiary/aromatic N) is 2. The number of sulfonamides is 1. The summed E-state index contributed by atoms with van der Waals surface area (Å²) in [7, 11) is -3.62. The zero-order chi connectivity index (χ0) is 26.4. The standard InChI is InChI=1S/C25H31F3N4O4S/c1-37(34,35)31-22-21-20(30-32(22)12-9-16-5-6-16)15-24(29-23(21)33)10-2-4-17-14-18(7-8-19(17)24)36-13-3-11-25(26,27)28/h7-8,14,16,31H,2-6,9-13,15H2,1H3,(H,29,33)/t24-/m0/s1. The lowest BCUT2D eigenvalue weighted by atomic mass is 9.72. The van der Waals surface area contributed by atoms with Crippen molar-refractivity contribution >= 4 is 21.7 Å². The van der Waals surface area contributed by atoms with Crippen LogP contribution in [0.5, 0.6) is 5.75 Å². The molecule has 8 nitrogen and oxygen atoms in total. The summed E-state index contributed by atoms with van der Waals surface area (Å²) in [5, 5.41) is 7.86. The second kappa shape index (κ2) is 9.52. The second-order valence-electron chi connectivity index (χ2n) is 10.5. The molecule has 1 aromatic heterocycles. The Morgan fingerprint density at radius 1 is 1.30 bits per heavy atom. The number of hydrogen-bond acceptors (Lipinski definition) is 5. The first-order chi connectivity index (χ1) is 17.4. The molecule has 202 valence electrons. The zero-order valence-electron chi connectivity index (χ0n) is 20.7. The molecule has 1 aliphatic heterocycles. The highest BCUT2D eigenvalue weighted by atomic mass is 32.2. The van der Waals surface area contributed by atoms with Gasteiger partial charge in [-0.1, -0.05) is 18.9 Å². The number of benzene rings is 1. The molecule has 2 aromatic rings. The average Bonchev–Trinajstić information content (AvgIpc) is 3.56. The highest BCUT2D eigenvalue weighted by molar-refractivity contribution is 7.92. The fraction of sp³-hybridized carbons (Fsp3) is 0.600. The molecule has 1 aromatic carbocycles. The van der Waals surface area contributed by atoms with Crippen LogP contribution in [0.1, 0.15) is 72.1 Å². The normalized spacial score (nSPS) is 21.4. The highest BCUT2D eigenvalue weighted by Gasteiger charge is 2.45. The number of carbonyl (C=O) groups excluding carboxylic acids is 1. The van der Waals surface area contributed by atoms with Crippen molar-refractivity contribution in [3.8, 4) is 5.75 Å². The predicted molar refractivity (Wildman–Crippen MR) is 131 cm³/mol. The van der Waals surface area contributed by atoms with Crippen LogP contribution in [0.3, 0.4) is 0 Å². The van der Waals surface area contributed by atoms with Crippen molar-refractivity contribution in [2.24, 2.45) is 5.92 Å². The number of alkyl halides is 3. The Bertz CT molecular complexity index is 1300. The minimum Gasteiger partial charge on any atom is -0.494 e. The van der Waals surface area contributed by atoms with E-state index in [-0.39, 0.29) is 30.3 Å². The Balaban J connectivity index is 1.40. The number of aromatic nitrogens is 2. The summed E-state index contributed by atoms with van der Waals surface area (Å²) in [6.07, 6.45) is 1.71. The van der Waals surface area contributed by atoms with Gasteiger partial charge in [-0.2, -0.15) is 18.3 Å². The van der Waals surface area contributed by atoms with Gasteiger partial charge in [-0.3, -0.25) is 9.52 Å². The molecule has 2 N–H and O–H groups in total. The average molecular weight is 541 g/mol. The Labute approximate surface area is 214 Å². The highest BCUT2D eigenvalue weighted by Crippen LogP contribution is 2.43. The molecule has 1 fully saturated rings. The lowest BCUT2D eigenvalue weighted by molar-refractivity contribution is -0.136. The molecule has 2 heterocycles. The van der Waals surface area contributed by atoms with Crippen LogP contribution < -0.4 is 14.8 Å². The molecule has 0 radical (unpaired) electrons. The quantitative estimate of drug-likeness (QED) is 0.462. The molecule has 37 heavy (non-hydrogen) atoms. The Morgan fingerprint density at radius 2 is 2.08 bits per heavy atom. The summed E-state index contributed by atoms with van der Waals surface area (Å²) in [5.41, 5.74) is 2.05. The van der Waals surface area contributed by atoms with Gasteiger partial charge in [0.1, 0.15) is 11.3 Å². The molecule has 0 unspecified atom stereocenters. The van der Waals surface area contributed by atoms with Crippen LogP contribution in [-0.4, -0.2) is 43.1 Å². The fourth-order valence-electron chi connectivity index (χ4n) is 5.46.